The van der Waals surface area contributed by atoms with Crippen LogP contribution in [-0.4, -0.2) is 19.5 Å². The molecule has 10 aromatic rings. The van der Waals surface area contributed by atoms with Gasteiger partial charge in [0.05, 0.1) is 28.1 Å². The van der Waals surface area contributed by atoms with Gasteiger partial charge in [-0.1, -0.05) is 103 Å². The van der Waals surface area contributed by atoms with Crippen LogP contribution < -0.4 is 0 Å². The van der Waals surface area contributed by atoms with Gasteiger partial charge in [-0.15, -0.1) is 0 Å². The van der Waals surface area contributed by atoms with Crippen LogP contribution in [0.4, 0.5) is 0 Å². The molecule has 4 heterocycles. The molecule has 0 unspecified atom stereocenters. The van der Waals surface area contributed by atoms with Crippen molar-refractivity contribution in [1.29, 1.82) is 0 Å². The number of aromatic nitrogens is 4. The number of hydrogen-bond donors (Lipinski definition) is 0. The Morgan fingerprint density at radius 3 is 1.94 bits per heavy atom. The zero-order valence-electron chi connectivity index (χ0n) is 27.6. The third kappa shape index (κ3) is 5.04. The summed E-state index contributed by atoms with van der Waals surface area (Å²) in [6.45, 7) is 0. The smallest absolute Gasteiger partial charge is 0.0899 e. The minimum Gasteiger partial charge on any atom is -0.309 e. The van der Waals surface area contributed by atoms with Crippen LogP contribution in [-0.2, 0) is 0 Å². The number of pyridine rings is 3. The van der Waals surface area contributed by atoms with Gasteiger partial charge in [0.2, 0.25) is 0 Å². The van der Waals surface area contributed by atoms with Crippen molar-refractivity contribution in [2.75, 3.05) is 0 Å². The highest BCUT2D eigenvalue weighted by Crippen LogP contribution is 2.37. The van der Waals surface area contributed by atoms with Gasteiger partial charge in [0, 0.05) is 40.6 Å². The van der Waals surface area contributed by atoms with Crippen molar-refractivity contribution in [3.05, 3.63) is 182 Å². The number of hydrogen-bond acceptors (Lipinski definition) is 3. The molecule has 51 heavy (non-hydrogen) atoms. The Balaban J connectivity index is 1.06. The van der Waals surface area contributed by atoms with E-state index in [1.807, 2.05) is 36.8 Å². The lowest BCUT2D eigenvalue weighted by molar-refractivity contribution is 1.17. The molecule has 0 aliphatic rings. The van der Waals surface area contributed by atoms with E-state index in [0.29, 0.717) is 0 Å². The van der Waals surface area contributed by atoms with E-state index in [9.17, 15) is 0 Å². The normalized spacial score (nSPS) is 11.5. The highest BCUT2D eigenvalue weighted by atomic mass is 15.0. The summed E-state index contributed by atoms with van der Waals surface area (Å²) in [6, 6.07) is 58.1. The van der Waals surface area contributed by atoms with Crippen molar-refractivity contribution < 1.29 is 0 Å². The van der Waals surface area contributed by atoms with Crippen molar-refractivity contribution in [3.8, 4) is 50.6 Å². The summed E-state index contributed by atoms with van der Waals surface area (Å²) in [4.78, 5) is 14.3. The van der Waals surface area contributed by atoms with Gasteiger partial charge in [-0.3, -0.25) is 9.97 Å². The highest BCUT2D eigenvalue weighted by molar-refractivity contribution is 6.10. The Bertz CT molecular complexity index is 2890. The predicted octanol–water partition coefficient (Wildman–Crippen LogP) is 11.9. The number of nitrogens with zero attached hydrogens (tertiary/aromatic N) is 4. The second-order valence-corrected chi connectivity index (χ2v) is 12.9. The molecule has 4 aromatic heterocycles. The summed E-state index contributed by atoms with van der Waals surface area (Å²) in [6.07, 6.45) is 5.66. The van der Waals surface area contributed by atoms with Crippen molar-refractivity contribution in [2.45, 2.75) is 0 Å². The van der Waals surface area contributed by atoms with Gasteiger partial charge in [-0.2, -0.15) is 0 Å². The van der Waals surface area contributed by atoms with Crippen LogP contribution >= 0.6 is 0 Å². The largest absolute Gasteiger partial charge is 0.309 e. The van der Waals surface area contributed by atoms with E-state index in [0.717, 1.165) is 61.4 Å². The highest BCUT2D eigenvalue weighted by Gasteiger charge is 2.15. The molecule has 4 nitrogen and oxygen atoms in total. The molecule has 0 saturated heterocycles. The maximum absolute atomic E-state index is 5.14. The molecule has 0 aliphatic carbocycles. The average Bonchev–Trinajstić information content (AvgIpc) is 3.55. The average molecular weight is 651 g/mol. The van der Waals surface area contributed by atoms with Crippen molar-refractivity contribution in [2.24, 2.45) is 0 Å². The molecule has 238 valence electrons. The van der Waals surface area contributed by atoms with Crippen LogP contribution in [0.25, 0.3) is 93.9 Å². The van der Waals surface area contributed by atoms with Crippen molar-refractivity contribution in [1.82, 2.24) is 19.5 Å². The summed E-state index contributed by atoms with van der Waals surface area (Å²) in [5.41, 5.74) is 11.7. The van der Waals surface area contributed by atoms with Crippen LogP contribution in [0.15, 0.2) is 182 Å². The third-order valence-electron chi connectivity index (χ3n) is 9.93. The fraction of sp³-hybridized carbons (Fsp3) is 0. The Morgan fingerprint density at radius 2 is 1.08 bits per heavy atom. The first kappa shape index (κ1) is 29.0. The van der Waals surface area contributed by atoms with Crippen LogP contribution in [0, 0.1) is 0 Å². The summed E-state index contributed by atoms with van der Waals surface area (Å²) in [5, 5.41) is 7.27. The van der Waals surface area contributed by atoms with E-state index < -0.39 is 0 Å². The van der Waals surface area contributed by atoms with Gasteiger partial charge in [-0.05, 0) is 104 Å². The quantitative estimate of drug-likeness (QED) is 0.174. The van der Waals surface area contributed by atoms with E-state index in [1.165, 1.54) is 32.5 Å². The second kappa shape index (κ2) is 11.9. The van der Waals surface area contributed by atoms with Crippen LogP contribution in [0.3, 0.4) is 0 Å². The van der Waals surface area contributed by atoms with Crippen molar-refractivity contribution in [3.63, 3.8) is 0 Å². The van der Waals surface area contributed by atoms with Gasteiger partial charge >= 0.3 is 0 Å². The zero-order chi connectivity index (χ0) is 33.7. The Kier molecular flexibility index (Phi) is 6.78. The second-order valence-electron chi connectivity index (χ2n) is 12.9. The van der Waals surface area contributed by atoms with E-state index in [-0.39, 0.29) is 0 Å². The number of fused-ring (bicyclic) bond motifs is 6. The molecule has 0 N–H and O–H groups in total. The zero-order valence-corrected chi connectivity index (χ0v) is 27.6. The molecule has 0 saturated carbocycles. The first-order chi connectivity index (χ1) is 25.3. The molecular formula is C47H30N4. The topological polar surface area (TPSA) is 43.6 Å². The fourth-order valence-electron chi connectivity index (χ4n) is 7.42. The molecule has 6 aromatic carbocycles. The lowest BCUT2D eigenvalue weighted by atomic mass is 9.96. The van der Waals surface area contributed by atoms with E-state index in [4.69, 9.17) is 4.98 Å². The molecule has 0 spiro atoms. The first-order valence-electron chi connectivity index (χ1n) is 17.2. The molecule has 0 bridgehead atoms. The first-order valence-corrected chi connectivity index (χ1v) is 17.2. The summed E-state index contributed by atoms with van der Waals surface area (Å²) < 4.78 is 2.32. The van der Waals surface area contributed by atoms with E-state index >= 15 is 0 Å². The molecule has 10 rings (SSSR count). The molecule has 0 fully saturated rings. The van der Waals surface area contributed by atoms with Crippen molar-refractivity contribution >= 4 is 43.4 Å². The standard InChI is InChI=1S/C47H30N4/c1-2-9-38(10-3-1)51-46-22-20-34(27-41(46)42-30-48-25-23-47(42)51)31-13-15-32(16-14-31)37-28-44(50-45(29-37)43-12-6-7-24-49-43)36-19-21-40-35(26-36)18-17-33-8-4-5-11-39(33)40/h1-30H. The van der Waals surface area contributed by atoms with Crippen LogP contribution in [0.5, 0.6) is 0 Å². The lowest BCUT2D eigenvalue weighted by Crippen LogP contribution is -1.93. The van der Waals surface area contributed by atoms with Crippen LogP contribution in [0.2, 0.25) is 0 Å². The predicted molar refractivity (Wildman–Crippen MR) is 211 cm³/mol. The van der Waals surface area contributed by atoms with Gasteiger partial charge in [0.1, 0.15) is 0 Å². The minimum atomic E-state index is 0.847. The monoisotopic (exact) mass is 650 g/mol. The Labute approximate surface area is 295 Å². The van der Waals surface area contributed by atoms with Crippen LogP contribution in [0.1, 0.15) is 0 Å². The third-order valence-corrected chi connectivity index (χ3v) is 9.93. The van der Waals surface area contributed by atoms with Gasteiger partial charge in [-0.25, -0.2) is 4.98 Å². The number of rotatable bonds is 5. The van der Waals surface area contributed by atoms with E-state index in [1.54, 1.807) is 0 Å². The maximum Gasteiger partial charge on any atom is 0.0899 e. The lowest BCUT2D eigenvalue weighted by Gasteiger charge is -2.12. The summed E-state index contributed by atoms with van der Waals surface area (Å²) in [5.74, 6) is 0. The summed E-state index contributed by atoms with van der Waals surface area (Å²) >= 11 is 0. The fourth-order valence-corrected chi connectivity index (χ4v) is 7.42. The van der Waals surface area contributed by atoms with Gasteiger partial charge in [0.25, 0.3) is 0 Å². The molecule has 0 radical (unpaired) electrons. The molecule has 0 atom stereocenters. The number of benzene rings is 6. The van der Waals surface area contributed by atoms with Gasteiger partial charge < -0.3 is 4.57 Å². The molecule has 0 aliphatic heterocycles. The molecular weight excluding hydrogens is 621 g/mol. The van der Waals surface area contributed by atoms with Gasteiger partial charge in [0.15, 0.2) is 0 Å². The maximum atomic E-state index is 5.14. The van der Waals surface area contributed by atoms with E-state index in [2.05, 4.69) is 160 Å². The SMILES string of the molecule is c1ccc(-n2c3ccncc3c3cc(-c4ccc(-c5cc(-c6ccc7c(ccc8ccccc87)c6)nc(-c6ccccn6)c5)cc4)ccc32)cc1. The Hall–Kier alpha value is -6.91. The molecule has 4 heteroatoms. The molecule has 0 amide bonds. The Morgan fingerprint density at radius 1 is 0.373 bits per heavy atom. The number of para-hydroxylation sites is 1. The summed E-state index contributed by atoms with van der Waals surface area (Å²) in [7, 11) is 0. The minimum absolute atomic E-state index is 0.847.